The summed E-state index contributed by atoms with van der Waals surface area (Å²) >= 11 is 5.88. The Morgan fingerprint density at radius 2 is 1.89 bits per heavy atom. The van der Waals surface area contributed by atoms with Crippen molar-refractivity contribution in [3.63, 3.8) is 0 Å². The van der Waals surface area contributed by atoms with Gasteiger partial charge >= 0.3 is 0 Å². The molecule has 0 spiro atoms. The number of aryl methyl sites for hydroxylation is 1. The molecule has 27 heavy (non-hydrogen) atoms. The first-order chi connectivity index (χ1) is 12.7. The molecule has 8 nitrogen and oxygen atoms in total. The third-order valence-electron chi connectivity index (χ3n) is 3.94. The van der Waals surface area contributed by atoms with E-state index in [9.17, 15) is 19.7 Å². The number of non-ortho nitro benzene ring substituents is 1. The zero-order chi connectivity index (χ0) is 20.1. The van der Waals surface area contributed by atoms with Gasteiger partial charge in [-0.1, -0.05) is 23.7 Å². The molecule has 0 radical (unpaired) electrons. The van der Waals surface area contributed by atoms with Gasteiger partial charge in [-0.2, -0.15) is 0 Å². The van der Waals surface area contributed by atoms with Gasteiger partial charge in [-0.15, -0.1) is 0 Å². The molecule has 2 aromatic rings. The zero-order valence-electron chi connectivity index (χ0n) is 14.9. The SMILES string of the molecule is Cc1cccc(O[C@H](C)C(=O)NNC(=O)c2ccc([N+](=O)[O-])cc2Cl)c1C. The maximum atomic E-state index is 12.1. The number of nitro benzene ring substituents is 1. The van der Waals surface area contributed by atoms with Gasteiger partial charge in [0.05, 0.1) is 15.5 Å². The van der Waals surface area contributed by atoms with E-state index in [0.29, 0.717) is 5.75 Å². The highest BCUT2D eigenvalue weighted by molar-refractivity contribution is 6.34. The number of carbonyl (C=O) groups excluding carboxylic acids is 2. The lowest BCUT2D eigenvalue weighted by atomic mass is 10.1. The van der Waals surface area contributed by atoms with Crippen molar-refractivity contribution in [1.82, 2.24) is 10.9 Å². The smallest absolute Gasteiger partial charge is 0.279 e. The van der Waals surface area contributed by atoms with E-state index in [2.05, 4.69) is 10.9 Å². The van der Waals surface area contributed by atoms with E-state index in [-0.39, 0.29) is 16.3 Å². The summed E-state index contributed by atoms with van der Waals surface area (Å²) in [5, 5.41) is 10.6. The van der Waals surface area contributed by atoms with Crippen molar-refractivity contribution in [3.05, 3.63) is 68.2 Å². The van der Waals surface area contributed by atoms with Crippen LogP contribution < -0.4 is 15.6 Å². The lowest BCUT2D eigenvalue weighted by molar-refractivity contribution is -0.384. The number of hydrogen-bond donors (Lipinski definition) is 2. The van der Waals surface area contributed by atoms with Crippen molar-refractivity contribution >= 4 is 29.1 Å². The van der Waals surface area contributed by atoms with Crippen molar-refractivity contribution in [2.45, 2.75) is 26.9 Å². The number of halogens is 1. The molecule has 0 aromatic heterocycles. The Hall–Kier alpha value is -3.13. The largest absolute Gasteiger partial charge is 0.481 e. The molecule has 2 aromatic carbocycles. The monoisotopic (exact) mass is 391 g/mol. The van der Waals surface area contributed by atoms with Crippen LogP contribution in [0.2, 0.25) is 5.02 Å². The van der Waals surface area contributed by atoms with Gasteiger partial charge in [0.15, 0.2) is 6.10 Å². The number of carbonyl (C=O) groups is 2. The minimum absolute atomic E-state index is 0.00864. The fourth-order valence-corrected chi connectivity index (χ4v) is 2.45. The van der Waals surface area contributed by atoms with Crippen molar-refractivity contribution in [2.24, 2.45) is 0 Å². The molecule has 1 atom stereocenters. The highest BCUT2D eigenvalue weighted by atomic mass is 35.5. The summed E-state index contributed by atoms with van der Waals surface area (Å²) in [6.45, 7) is 5.36. The molecule has 0 saturated carbocycles. The number of nitrogens with one attached hydrogen (secondary N) is 2. The summed E-state index contributed by atoms with van der Waals surface area (Å²) in [6.07, 6.45) is -0.863. The van der Waals surface area contributed by atoms with Crippen LogP contribution in [0.3, 0.4) is 0 Å². The minimum Gasteiger partial charge on any atom is -0.481 e. The van der Waals surface area contributed by atoms with Gasteiger partial charge in [-0.25, -0.2) is 0 Å². The Morgan fingerprint density at radius 1 is 1.19 bits per heavy atom. The number of nitrogens with zero attached hydrogens (tertiary/aromatic N) is 1. The number of ether oxygens (including phenoxy) is 1. The van der Waals surface area contributed by atoms with Gasteiger partial charge < -0.3 is 4.74 Å². The fourth-order valence-electron chi connectivity index (χ4n) is 2.18. The van der Waals surface area contributed by atoms with E-state index in [4.69, 9.17) is 16.3 Å². The first kappa shape index (κ1) is 20.2. The molecule has 0 aliphatic rings. The Balaban J connectivity index is 1.97. The Morgan fingerprint density at radius 3 is 2.52 bits per heavy atom. The molecular weight excluding hydrogens is 374 g/mol. The number of nitro groups is 1. The van der Waals surface area contributed by atoms with Crippen molar-refractivity contribution < 1.29 is 19.2 Å². The summed E-state index contributed by atoms with van der Waals surface area (Å²) in [6, 6.07) is 8.92. The van der Waals surface area contributed by atoms with Gasteiger partial charge in [0.25, 0.3) is 17.5 Å². The topological polar surface area (TPSA) is 111 Å². The lowest BCUT2D eigenvalue weighted by Gasteiger charge is -2.17. The van der Waals surface area contributed by atoms with E-state index in [0.717, 1.165) is 23.3 Å². The quantitative estimate of drug-likeness (QED) is 0.601. The van der Waals surface area contributed by atoms with Crippen molar-refractivity contribution in [3.8, 4) is 5.75 Å². The van der Waals surface area contributed by atoms with Crippen LogP contribution >= 0.6 is 11.6 Å². The molecule has 0 fully saturated rings. The Kier molecular flexibility index (Phi) is 6.36. The van der Waals surface area contributed by atoms with Crippen LogP contribution in [0.5, 0.6) is 5.75 Å². The molecule has 0 heterocycles. The Bertz CT molecular complexity index is 901. The van der Waals surface area contributed by atoms with Crippen LogP contribution in [0.25, 0.3) is 0 Å². The predicted molar refractivity (Wildman–Crippen MR) is 99.7 cm³/mol. The van der Waals surface area contributed by atoms with E-state index >= 15 is 0 Å². The van der Waals surface area contributed by atoms with Crippen LogP contribution in [0, 0.1) is 24.0 Å². The molecule has 0 aliphatic carbocycles. The lowest BCUT2D eigenvalue weighted by Crippen LogP contribution is -2.47. The van der Waals surface area contributed by atoms with E-state index < -0.39 is 22.8 Å². The molecule has 0 aliphatic heterocycles. The summed E-state index contributed by atoms with van der Waals surface area (Å²) < 4.78 is 5.63. The third kappa shape index (κ3) is 4.95. The summed E-state index contributed by atoms with van der Waals surface area (Å²) in [5.41, 5.74) is 6.15. The van der Waals surface area contributed by atoms with Crippen LogP contribution in [0.4, 0.5) is 5.69 Å². The second-order valence-corrected chi connectivity index (χ2v) is 6.23. The van der Waals surface area contributed by atoms with E-state index in [1.54, 1.807) is 13.0 Å². The second-order valence-electron chi connectivity index (χ2n) is 5.82. The fraction of sp³-hybridized carbons (Fsp3) is 0.222. The normalized spacial score (nSPS) is 11.4. The van der Waals surface area contributed by atoms with Crippen LogP contribution in [-0.4, -0.2) is 22.8 Å². The number of benzene rings is 2. The predicted octanol–water partition coefficient (Wildman–Crippen LogP) is 3.09. The van der Waals surface area contributed by atoms with Crippen LogP contribution in [0.1, 0.15) is 28.4 Å². The maximum Gasteiger partial charge on any atom is 0.279 e. The van der Waals surface area contributed by atoms with E-state index in [1.807, 2.05) is 26.0 Å². The van der Waals surface area contributed by atoms with Crippen molar-refractivity contribution in [2.75, 3.05) is 0 Å². The molecule has 0 bridgehead atoms. The van der Waals surface area contributed by atoms with Crippen molar-refractivity contribution in [1.29, 1.82) is 0 Å². The molecule has 9 heteroatoms. The second kappa shape index (κ2) is 8.50. The molecule has 142 valence electrons. The molecule has 0 unspecified atom stereocenters. The summed E-state index contributed by atoms with van der Waals surface area (Å²) in [7, 11) is 0. The maximum absolute atomic E-state index is 12.1. The first-order valence-corrected chi connectivity index (χ1v) is 8.35. The van der Waals surface area contributed by atoms with E-state index in [1.165, 1.54) is 6.07 Å². The highest BCUT2D eigenvalue weighted by Gasteiger charge is 2.19. The standard InChI is InChI=1S/C18H18ClN3O5/c1-10-5-4-6-16(11(10)2)27-12(3)17(23)20-21-18(24)14-8-7-13(22(25)26)9-15(14)19/h4-9,12H,1-3H3,(H,20,23)(H,21,24)/t12-/m1/s1. The molecule has 2 amide bonds. The average Bonchev–Trinajstić information content (AvgIpc) is 2.62. The first-order valence-electron chi connectivity index (χ1n) is 7.97. The van der Waals surface area contributed by atoms with Gasteiger partial charge in [0.1, 0.15) is 5.75 Å². The summed E-state index contributed by atoms with van der Waals surface area (Å²) in [4.78, 5) is 34.3. The van der Waals surface area contributed by atoms with Gasteiger partial charge in [-0.3, -0.25) is 30.6 Å². The Labute approximate surface area is 160 Å². The highest BCUT2D eigenvalue weighted by Crippen LogP contribution is 2.23. The molecule has 0 saturated heterocycles. The number of amides is 2. The zero-order valence-corrected chi connectivity index (χ0v) is 15.7. The van der Waals surface area contributed by atoms with Crippen LogP contribution in [-0.2, 0) is 4.79 Å². The number of hydrogen-bond acceptors (Lipinski definition) is 5. The minimum atomic E-state index is -0.863. The van der Waals surface area contributed by atoms with Crippen LogP contribution in [0.15, 0.2) is 36.4 Å². The summed E-state index contributed by atoms with van der Waals surface area (Å²) in [5.74, 6) is -0.702. The van der Waals surface area contributed by atoms with Gasteiger partial charge in [0, 0.05) is 12.1 Å². The molecule has 2 rings (SSSR count). The van der Waals surface area contributed by atoms with Gasteiger partial charge in [-0.05, 0) is 44.0 Å². The van der Waals surface area contributed by atoms with Gasteiger partial charge in [0.2, 0.25) is 0 Å². The average molecular weight is 392 g/mol. The molecule has 2 N–H and O–H groups in total. The molecular formula is C18H18ClN3O5. The third-order valence-corrected chi connectivity index (χ3v) is 4.25. The number of rotatable bonds is 5. The number of hydrazine groups is 1.